The van der Waals surface area contributed by atoms with Crippen LogP contribution in [0.3, 0.4) is 0 Å². The molecule has 0 bridgehead atoms. The molecule has 0 saturated carbocycles. The van der Waals surface area contributed by atoms with Crippen molar-refractivity contribution in [1.82, 2.24) is 30.4 Å². The van der Waals surface area contributed by atoms with Crippen LogP contribution in [-0.2, 0) is 20.8 Å². The molecule has 16 heteroatoms. The molecule has 198 valence electrons. The number of para-hydroxylation sites is 1. The van der Waals surface area contributed by atoms with Crippen LogP contribution in [0, 0.1) is 0 Å². The fourth-order valence-electron chi connectivity index (χ4n) is 4.14. The Labute approximate surface area is 214 Å². The number of carboxylic acids is 1. The van der Waals surface area contributed by atoms with Crippen LogP contribution in [0.4, 0.5) is 4.79 Å². The van der Waals surface area contributed by atoms with Gasteiger partial charge in [-0.15, -0.1) is 0 Å². The standard InChI is InChI=1S/C22H23BN6O9/c1-2-28-6-7-29(20(33)19(28)32)22(36)27-16(13-9-25-15(30)10-24-13)18(31)26-14-8-11-4-3-5-12(21(34)35)17(11)38-23(14)37/h3-5,9-10,14,16,37H,2,6-8H2,1H3,(H,25,30)(H,26,31)(H,27,36)(H,34,35)/t14-,16?/m0/s1. The number of nitrogens with zero attached hydrogens (tertiary/aromatic N) is 3. The van der Waals surface area contributed by atoms with E-state index < -0.39 is 54.4 Å². The number of amides is 5. The summed E-state index contributed by atoms with van der Waals surface area (Å²) in [6, 6.07) is 1.79. The molecular formula is C22H23BN6O9. The fraction of sp³-hybridized carbons (Fsp3) is 0.318. The minimum absolute atomic E-state index is 0.00492. The van der Waals surface area contributed by atoms with E-state index >= 15 is 0 Å². The third-order valence-electron chi connectivity index (χ3n) is 6.13. The Morgan fingerprint density at radius 2 is 2.00 bits per heavy atom. The van der Waals surface area contributed by atoms with Crippen molar-refractivity contribution in [2.24, 2.45) is 0 Å². The van der Waals surface area contributed by atoms with Crippen molar-refractivity contribution in [2.45, 2.75) is 25.3 Å². The summed E-state index contributed by atoms with van der Waals surface area (Å²) in [5, 5.41) is 24.7. The van der Waals surface area contributed by atoms with Gasteiger partial charge in [-0.1, -0.05) is 12.1 Å². The number of imide groups is 1. The number of piperazine rings is 1. The molecule has 2 aliphatic rings. The van der Waals surface area contributed by atoms with E-state index in [0.717, 1.165) is 12.4 Å². The maximum Gasteiger partial charge on any atom is 0.547 e. The van der Waals surface area contributed by atoms with Crippen LogP contribution in [0.15, 0.2) is 35.4 Å². The van der Waals surface area contributed by atoms with Crippen LogP contribution in [0.2, 0.25) is 0 Å². The lowest BCUT2D eigenvalue weighted by Gasteiger charge is -2.33. The van der Waals surface area contributed by atoms with Crippen LogP contribution in [0.5, 0.6) is 5.75 Å². The van der Waals surface area contributed by atoms with Gasteiger partial charge in [-0.25, -0.2) is 9.59 Å². The molecule has 15 nitrogen and oxygen atoms in total. The largest absolute Gasteiger partial charge is 0.547 e. The number of aromatic carboxylic acids is 1. The van der Waals surface area contributed by atoms with E-state index in [4.69, 9.17) is 4.65 Å². The van der Waals surface area contributed by atoms with Crippen molar-refractivity contribution >= 4 is 36.8 Å². The van der Waals surface area contributed by atoms with Crippen molar-refractivity contribution in [2.75, 3.05) is 19.6 Å². The van der Waals surface area contributed by atoms with Gasteiger partial charge < -0.3 is 35.3 Å². The summed E-state index contributed by atoms with van der Waals surface area (Å²) < 4.78 is 5.38. The number of carbonyl (C=O) groups is 5. The molecule has 5 N–H and O–H groups in total. The van der Waals surface area contributed by atoms with Gasteiger partial charge in [-0.05, 0) is 25.0 Å². The summed E-state index contributed by atoms with van der Waals surface area (Å²) in [6.07, 6.45) is 1.98. The maximum atomic E-state index is 13.3. The molecule has 1 fully saturated rings. The molecule has 2 aromatic rings. The molecule has 0 radical (unpaired) electrons. The summed E-state index contributed by atoms with van der Waals surface area (Å²) in [7, 11) is -1.63. The first-order valence-corrected chi connectivity index (χ1v) is 11.6. The second-order valence-electron chi connectivity index (χ2n) is 8.49. The monoisotopic (exact) mass is 526 g/mol. The van der Waals surface area contributed by atoms with E-state index in [1.54, 1.807) is 13.0 Å². The minimum Gasteiger partial charge on any atom is -0.534 e. The zero-order valence-electron chi connectivity index (χ0n) is 20.0. The number of rotatable bonds is 6. The Morgan fingerprint density at radius 1 is 1.24 bits per heavy atom. The van der Waals surface area contributed by atoms with Crippen LogP contribution in [0.25, 0.3) is 0 Å². The van der Waals surface area contributed by atoms with Crippen molar-refractivity contribution in [1.29, 1.82) is 0 Å². The van der Waals surface area contributed by atoms with E-state index in [2.05, 4.69) is 20.6 Å². The summed E-state index contributed by atoms with van der Waals surface area (Å²) in [5.41, 5.74) is -0.406. The number of likely N-dealkylation sites (N-methyl/N-ethyl adjacent to an activating group) is 1. The molecule has 2 atom stereocenters. The lowest BCUT2D eigenvalue weighted by Crippen LogP contribution is -2.60. The molecule has 2 aliphatic heterocycles. The summed E-state index contributed by atoms with van der Waals surface area (Å²) in [5.74, 6) is -5.15. The van der Waals surface area contributed by atoms with Crippen LogP contribution < -0.4 is 20.8 Å². The molecule has 4 rings (SSSR count). The third-order valence-corrected chi connectivity index (χ3v) is 6.13. The number of H-pyrrole nitrogens is 1. The van der Waals surface area contributed by atoms with Gasteiger partial charge in [0.2, 0.25) is 5.91 Å². The highest BCUT2D eigenvalue weighted by molar-refractivity contribution is 6.47. The van der Waals surface area contributed by atoms with Crippen LogP contribution in [0.1, 0.15) is 34.6 Å². The number of aromatic nitrogens is 2. The summed E-state index contributed by atoms with van der Waals surface area (Å²) >= 11 is 0. The predicted molar refractivity (Wildman–Crippen MR) is 128 cm³/mol. The number of hydrogen-bond donors (Lipinski definition) is 5. The number of benzene rings is 1. The fourth-order valence-corrected chi connectivity index (χ4v) is 4.14. The van der Waals surface area contributed by atoms with E-state index in [1.165, 1.54) is 17.0 Å². The zero-order chi connectivity index (χ0) is 27.6. The van der Waals surface area contributed by atoms with E-state index in [1.807, 2.05) is 0 Å². The highest BCUT2D eigenvalue weighted by Crippen LogP contribution is 2.30. The number of aromatic amines is 1. The highest BCUT2D eigenvalue weighted by Gasteiger charge is 2.41. The number of carboxylic acid groups (broad SMARTS) is 1. The lowest BCUT2D eigenvalue weighted by atomic mass is 9.72. The van der Waals surface area contributed by atoms with E-state index in [0.29, 0.717) is 10.5 Å². The molecule has 0 spiro atoms. The average Bonchev–Trinajstić information content (AvgIpc) is 2.89. The average molecular weight is 526 g/mol. The van der Waals surface area contributed by atoms with Gasteiger partial charge in [-0.2, -0.15) is 0 Å². The normalized spacial score (nSPS) is 17.8. The number of nitrogens with one attached hydrogen (secondary N) is 3. The van der Waals surface area contributed by atoms with Gasteiger partial charge >= 0.3 is 30.9 Å². The van der Waals surface area contributed by atoms with E-state index in [-0.39, 0.29) is 43.1 Å². The van der Waals surface area contributed by atoms with Gasteiger partial charge in [0, 0.05) is 25.8 Å². The van der Waals surface area contributed by atoms with Crippen molar-refractivity contribution in [3.05, 3.63) is 57.8 Å². The number of urea groups is 1. The lowest BCUT2D eigenvalue weighted by molar-refractivity contribution is -0.153. The molecular weight excluding hydrogens is 503 g/mol. The summed E-state index contributed by atoms with van der Waals surface area (Å²) in [4.78, 5) is 82.0. The van der Waals surface area contributed by atoms with Gasteiger partial charge in [0.15, 0.2) is 6.04 Å². The van der Waals surface area contributed by atoms with Crippen LogP contribution in [-0.4, -0.2) is 92.3 Å². The van der Waals surface area contributed by atoms with Gasteiger partial charge in [0.1, 0.15) is 5.75 Å². The first-order chi connectivity index (χ1) is 18.1. The second-order valence-corrected chi connectivity index (χ2v) is 8.49. The van der Waals surface area contributed by atoms with Gasteiger partial charge in [-0.3, -0.25) is 29.1 Å². The Morgan fingerprint density at radius 3 is 2.66 bits per heavy atom. The molecule has 1 aromatic carbocycles. The Kier molecular flexibility index (Phi) is 7.43. The smallest absolute Gasteiger partial charge is 0.534 e. The van der Waals surface area contributed by atoms with E-state index in [9.17, 15) is 38.9 Å². The molecule has 3 heterocycles. The molecule has 5 amide bonds. The molecule has 0 aliphatic carbocycles. The van der Waals surface area contributed by atoms with Crippen molar-refractivity contribution < 1.29 is 38.8 Å². The summed E-state index contributed by atoms with van der Waals surface area (Å²) in [6.45, 7) is 1.99. The minimum atomic E-state index is -1.63. The molecule has 38 heavy (non-hydrogen) atoms. The first kappa shape index (κ1) is 26.3. The molecule has 1 aromatic heterocycles. The topological polar surface area (TPSA) is 211 Å². The Bertz CT molecular complexity index is 1340. The number of fused-ring (bicyclic) bond motifs is 1. The number of carbonyl (C=O) groups excluding carboxylic acids is 4. The molecule has 1 saturated heterocycles. The maximum absolute atomic E-state index is 13.3. The Hall–Kier alpha value is -4.73. The third kappa shape index (κ3) is 5.20. The zero-order valence-corrected chi connectivity index (χ0v) is 20.0. The first-order valence-electron chi connectivity index (χ1n) is 11.6. The Balaban J connectivity index is 1.55. The molecule has 1 unspecified atom stereocenters. The highest BCUT2D eigenvalue weighted by atomic mass is 16.5. The number of hydrogen-bond acceptors (Lipinski definition) is 9. The second kappa shape index (κ2) is 10.7. The predicted octanol–water partition coefficient (Wildman–Crippen LogP) is -1.95. The van der Waals surface area contributed by atoms with Crippen molar-refractivity contribution in [3.63, 3.8) is 0 Å². The van der Waals surface area contributed by atoms with Crippen LogP contribution >= 0.6 is 0 Å². The SMILES string of the molecule is CCN1CCN(C(=O)NC(C(=O)N[C@H]2Cc3cccc(C(=O)O)c3OB2O)c2c[nH]c(=O)cn2)C(=O)C1=O. The van der Waals surface area contributed by atoms with Crippen molar-refractivity contribution in [3.8, 4) is 5.75 Å². The van der Waals surface area contributed by atoms with Gasteiger partial charge in [0.25, 0.3) is 5.56 Å². The van der Waals surface area contributed by atoms with Gasteiger partial charge in [0.05, 0.1) is 23.4 Å². The quantitative estimate of drug-likeness (QED) is 0.207.